The fraction of sp³-hybridized carbons (Fsp3) is 0.0455. The number of Topliss-reactive ketones (excluding diaryl/α,β-unsaturated/α-hetero) is 1. The number of benzene rings is 2. The summed E-state index contributed by atoms with van der Waals surface area (Å²) in [4.78, 5) is 32.1. The number of nitrogens with zero attached hydrogens (tertiary/aromatic N) is 2. The molecule has 1 aliphatic rings. The van der Waals surface area contributed by atoms with Crippen LogP contribution in [0.3, 0.4) is 0 Å². The Kier molecular flexibility index (Phi) is 4.42. The SMILES string of the molecule is O=C(C1=C(O)C(=O)N(c2nc3ccc(Cl)cc3s2)C1c1ccccc1)c1ccco1. The number of aliphatic hydroxyl groups excluding tert-OH is 1. The van der Waals surface area contributed by atoms with Gasteiger partial charge in [0.15, 0.2) is 16.7 Å². The van der Waals surface area contributed by atoms with Crippen molar-refractivity contribution in [3.63, 3.8) is 0 Å². The van der Waals surface area contributed by atoms with Crippen molar-refractivity contribution in [2.45, 2.75) is 6.04 Å². The molecule has 4 aromatic rings. The fourth-order valence-electron chi connectivity index (χ4n) is 3.52. The third-order valence-corrected chi connectivity index (χ3v) is 6.11. The zero-order valence-electron chi connectivity index (χ0n) is 15.3. The molecule has 0 radical (unpaired) electrons. The lowest BCUT2D eigenvalue weighted by atomic mass is 9.95. The molecule has 8 heteroatoms. The average Bonchev–Trinajstić information content (AvgIpc) is 3.47. The standard InChI is InChI=1S/C22H13ClN2O4S/c23-13-8-9-14-16(11-13)30-22(24-14)25-18(12-5-2-1-3-6-12)17(20(27)21(25)28)19(26)15-7-4-10-29-15/h1-11,18,27H. The van der Waals surface area contributed by atoms with Crippen LogP contribution in [0.15, 0.2) is 82.7 Å². The van der Waals surface area contributed by atoms with Crippen molar-refractivity contribution in [1.82, 2.24) is 4.98 Å². The molecule has 148 valence electrons. The van der Waals surface area contributed by atoms with Crippen molar-refractivity contribution in [2.24, 2.45) is 0 Å². The van der Waals surface area contributed by atoms with E-state index < -0.39 is 23.5 Å². The lowest BCUT2D eigenvalue weighted by Crippen LogP contribution is -2.30. The summed E-state index contributed by atoms with van der Waals surface area (Å²) >= 11 is 7.34. The molecule has 0 saturated heterocycles. The number of ketones is 1. The second kappa shape index (κ2) is 7.12. The van der Waals surface area contributed by atoms with Crippen LogP contribution in [-0.2, 0) is 4.79 Å². The van der Waals surface area contributed by atoms with E-state index in [9.17, 15) is 14.7 Å². The van der Waals surface area contributed by atoms with Crippen LogP contribution < -0.4 is 4.90 Å². The lowest BCUT2D eigenvalue weighted by Gasteiger charge is -2.24. The average molecular weight is 437 g/mol. The number of carbonyl (C=O) groups excluding carboxylic acids is 2. The largest absolute Gasteiger partial charge is 0.503 e. The molecule has 3 heterocycles. The van der Waals surface area contributed by atoms with Gasteiger partial charge in [-0.05, 0) is 35.9 Å². The number of amides is 1. The Morgan fingerprint density at radius 1 is 1.13 bits per heavy atom. The molecule has 1 unspecified atom stereocenters. The van der Waals surface area contributed by atoms with Crippen molar-refractivity contribution < 1.29 is 19.1 Å². The number of fused-ring (bicyclic) bond motifs is 1. The number of hydrogen-bond acceptors (Lipinski definition) is 6. The zero-order chi connectivity index (χ0) is 20.8. The van der Waals surface area contributed by atoms with Gasteiger partial charge in [-0.2, -0.15) is 0 Å². The van der Waals surface area contributed by atoms with Gasteiger partial charge in [0.05, 0.1) is 28.1 Å². The maximum Gasteiger partial charge on any atom is 0.296 e. The number of aliphatic hydroxyl groups is 1. The van der Waals surface area contributed by atoms with Crippen LogP contribution in [-0.4, -0.2) is 21.8 Å². The first kappa shape index (κ1) is 18.6. The Labute approximate surface area is 179 Å². The Morgan fingerprint density at radius 2 is 1.93 bits per heavy atom. The summed E-state index contributed by atoms with van der Waals surface area (Å²) in [7, 11) is 0. The van der Waals surface area contributed by atoms with Gasteiger partial charge in [0, 0.05) is 5.02 Å². The Balaban J connectivity index is 1.68. The number of halogens is 1. The minimum absolute atomic E-state index is 0.0431. The first-order valence-electron chi connectivity index (χ1n) is 9.00. The van der Waals surface area contributed by atoms with E-state index in [0.29, 0.717) is 21.2 Å². The molecule has 1 amide bonds. The molecular formula is C22H13ClN2O4S. The van der Waals surface area contributed by atoms with Gasteiger partial charge in [-0.1, -0.05) is 53.3 Å². The topological polar surface area (TPSA) is 83.6 Å². The second-order valence-corrected chi connectivity index (χ2v) is 8.11. The van der Waals surface area contributed by atoms with Crippen LogP contribution in [0, 0.1) is 0 Å². The van der Waals surface area contributed by atoms with Crippen LogP contribution in [0.1, 0.15) is 22.2 Å². The monoisotopic (exact) mass is 436 g/mol. The van der Waals surface area contributed by atoms with Crippen LogP contribution in [0.2, 0.25) is 5.02 Å². The summed E-state index contributed by atoms with van der Waals surface area (Å²) in [6.45, 7) is 0. The molecule has 0 bridgehead atoms. The number of carbonyl (C=O) groups is 2. The highest BCUT2D eigenvalue weighted by molar-refractivity contribution is 7.22. The molecule has 0 fully saturated rings. The third-order valence-electron chi connectivity index (χ3n) is 4.86. The van der Waals surface area contributed by atoms with E-state index in [1.165, 1.54) is 28.6 Å². The summed E-state index contributed by atoms with van der Waals surface area (Å²) in [5.41, 5.74) is 1.30. The Morgan fingerprint density at radius 3 is 2.67 bits per heavy atom. The third kappa shape index (κ3) is 2.91. The molecular weight excluding hydrogens is 424 g/mol. The first-order chi connectivity index (χ1) is 14.5. The highest BCUT2D eigenvalue weighted by Gasteiger charge is 2.46. The van der Waals surface area contributed by atoms with Gasteiger partial charge in [0.2, 0.25) is 5.78 Å². The van der Waals surface area contributed by atoms with E-state index in [1.807, 2.05) is 6.07 Å². The van der Waals surface area contributed by atoms with E-state index in [4.69, 9.17) is 16.0 Å². The molecule has 2 aromatic carbocycles. The number of anilines is 1. The van der Waals surface area contributed by atoms with Crippen LogP contribution in [0.5, 0.6) is 0 Å². The molecule has 0 spiro atoms. The summed E-state index contributed by atoms with van der Waals surface area (Å²) in [6.07, 6.45) is 1.37. The molecule has 1 N–H and O–H groups in total. The number of aromatic nitrogens is 1. The minimum Gasteiger partial charge on any atom is -0.503 e. The normalized spacial score (nSPS) is 16.6. The molecule has 6 nitrogen and oxygen atoms in total. The molecule has 0 saturated carbocycles. The lowest BCUT2D eigenvalue weighted by molar-refractivity contribution is -0.117. The van der Waals surface area contributed by atoms with E-state index in [1.54, 1.807) is 48.5 Å². The summed E-state index contributed by atoms with van der Waals surface area (Å²) < 4.78 is 6.02. The fourth-order valence-corrected chi connectivity index (χ4v) is 4.78. The Hall–Kier alpha value is -3.42. The van der Waals surface area contributed by atoms with Gasteiger partial charge < -0.3 is 9.52 Å². The van der Waals surface area contributed by atoms with Crippen LogP contribution in [0.4, 0.5) is 5.13 Å². The van der Waals surface area contributed by atoms with E-state index in [-0.39, 0.29) is 11.3 Å². The summed E-state index contributed by atoms with van der Waals surface area (Å²) in [5.74, 6) is -1.80. The van der Waals surface area contributed by atoms with Gasteiger partial charge in [-0.15, -0.1) is 0 Å². The van der Waals surface area contributed by atoms with Gasteiger partial charge in [-0.25, -0.2) is 4.98 Å². The minimum atomic E-state index is -0.840. The van der Waals surface area contributed by atoms with Gasteiger partial charge >= 0.3 is 0 Å². The summed E-state index contributed by atoms with van der Waals surface area (Å²) in [6, 6.07) is 16.5. The van der Waals surface area contributed by atoms with Crippen LogP contribution >= 0.6 is 22.9 Å². The number of thiazole rings is 1. The van der Waals surface area contributed by atoms with Crippen molar-refractivity contribution in [3.05, 3.63) is 94.6 Å². The number of hydrogen-bond donors (Lipinski definition) is 1. The maximum atomic E-state index is 13.1. The van der Waals surface area contributed by atoms with Gasteiger partial charge in [-0.3, -0.25) is 14.5 Å². The van der Waals surface area contributed by atoms with Crippen molar-refractivity contribution in [3.8, 4) is 0 Å². The molecule has 0 aliphatic carbocycles. The molecule has 1 atom stereocenters. The predicted molar refractivity (Wildman–Crippen MR) is 114 cm³/mol. The Bertz CT molecular complexity index is 1310. The maximum absolute atomic E-state index is 13.1. The zero-order valence-corrected chi connectivity index (χ0v) is 16.9. The van der Waals surface area contributed by atoms with Gasteiger partial charge in [0.25, 0.3) is 5.91 Å². The van der Waals surface area contributed by atoms with Crippen molar-refractivity contribution in [2.75, 3.05) is 4.90 Å². The molecule has 2 aromatic heterocycles. The molecule has 30 heavy (non-hydrogen) atoms. The van der Waals surface area contributed by atoms with E-state index in [0.717, 1.165) is 4.70 Å². The van der Waals surface area contributed by atoms with Crippen molar-refractivity contribution in [1.29, 1.82) is 0 Å². The van der Waals surface area contributed by atoms with Crippen LogP contribution in [0.25, 0.3) is 10.2 Å². The number of furan rings is 1. The van der Waals surface area contributed by atoms with E-state index in [2.05, 4.69) is 4.98 Å². The quantitative estimate of drug-likeness (QED) is 0.437. The highest BCUT2D eigenvalue weighted by Crippen LogP contribution is 2.44. The smallest absolute Gasteiger partial charge is 0.296 e. The predicted octanol–water partition coefficient (Wildman–Crippen LogP) is 5.33. The molecule has 5 rings (SSSR count). The first-order valence-corrected chi connectivity index (χ1v) is 10.2. The van der Waals surface area contributed by atoms with E-state index >= 15 is 0 Å². The van der Waals surface area contributed by atoms with Crippen molar-refractivity contribution >= 4 is 50.0 Å². The number of rotatable bonds is 4. The van der Waals surface area contributed by atoms with Gasteiger partial charge in [0.1, 0.15) is 0 Å². The molecule has 1 aliphatic heterocycles. The second-order valence-electron chi connectivity index (χ2n) is 6.67. The summed E-state index contributed by atoms with van der Waals surface area (Å²) in [5, 5.41) is 11.6. The highest BCUT2D eigenvalue weighted by atomic mass is 35.5.